The molecule has 8 heteroatoms. The molecular formula is C14H13N5O3. The van der Waals surface area contributed by atoms with Crippen molar-refractivity contribution in [2.24, 2.45) is 0 Å². The van der Waals surface area contributed by atoms with Gasteiger partial charge in [0.05, 0.1) is 16.6 Å². The average molecular weight is 299 g/mol. The van der Waals surface area contributed by atoms with Crippen LogP contribution in [0, 0.1) is 35.3 Å². The molecule has 0 fully saturated rings. The van der Waals surface area contributed by atoms with Crippen molar-refractivity contribution in [2.75, 3.05) is 5.32 Å². The van der Waals surface area contributed by atoms with E-state index in [4.69, 9.17) is 5.26 Å². The molecule has 1 aromatic carbocycles. The molecule has 112 valence electrons. The number of nitrogens with zero attached hydrogens (tertiary/aromatic N) is 4. The lowest BCUT2D eigenvalue weighted by atomic mass is 10.2. The molecule has 0 aliphatic carbocycles. The van der Waals surface area contributed by atoms with E-state index in [-0.39, 0.29) is 23.8 Å². The Morgan fingerprint density at radius 3 is 2.82 bits per heavy atom. The summed E-state index contributed by atoms with van der Waals surface area (Å²) in [6, 6.07) is 8.46. The summed E-state index contributed by atoms with van der Waals surface area (Å²) in [6.07, 6.45) is 0. The molecule has 2 rings (SSSR count). The molecule has 0 spiro atoms. The number of aromatic nitrogens is 2. The predicted molar refractivity (Wildman–Crippen MR) is 78.1 cm³/mol. The van der Waals surface area contributed by atoms with Gasteiger partial charge in [-0.2, -0.15) is 10.4 Å². The Hall–Kier alpha value is -3.21. The third kappa shape index (κ3) is 3.09. The number of nitro groups is 1. The Kier molecular flexibility index (Phi) is 4.18. The summed E-state index contributed by atoms with van der Waals surface area (Å²) >= 11 is 0. The molecule has 0 radical (unpaired) electrons. The Bertz CT molecular complexity index is 788. The van der Waals surface area contributed by atoms with Crippen LogP contribution in [-0.2, 0) is 11.3 Å². The number of hydrogen-bond acceptors (Lipinski definition) is 5. The molecule has 0 aliphatic rings. The fourth-order valence-corrected chi connectivity index (χ4v) is 2.11. The monoisotopic (exact) mass is 299 g/mol. The molecule has 1 heterocycles. The molecule has 0 aliphatic heterocycles. The van der Waals surface area contributed by atoms with Crippen LogP contribution in [0.5, 0.6) is 0 Å². The Morgan fingerprint density at radius 1 is 1.50 bits per heavy atom. The van der Waals surface area contributed by atoms with Crippen molar-refractivity contribution in [3.63, 3.8) is 0 Å². The minimum atomic E-state index is -0.511. The Morgan fingerprint density at radius 2 is 2.23 bits per heavy atom. The van der Waals surface area contributed by atoms with Crippen molar-refractivity contribution >= 4 is 17.3 Å². The Labute approximate surface area is 126 Å². The quantitative estimate of drug-likeness (QED) is 0.684. The van der Waals surface area contributed by atoms with Crippen LogP contribution in [0.1, 0.15) is 17.0 Å². The summed E-state index contributed by atoms with van der Waals surface area (Å²) in [4.78, 5) is 22.4. The van der Waals surface area contributed by atoms with Gasteiger partial charge in [0.25, 0.3) is 0 Å². The van der Waals surface area contributed by atoms with Crippen molar-refractivity contribution in [1.82, 2.24) is 9.78 Å². The van der Waals surface area contributed by atoms with Gasteiger partial charge < -0.3 is 5.32 Å². The highest BCUT2D eigenvalue weighted by Gasteiger charge is 2.22. The maximum atomic E-state index is 12.0. The zero-order valence-electron chi connectivity index (χ0n) is 12.0. The second kappa shape index (κ2) is 6.05. The van der Waals surface area contributed by atoms with Crippen molar-refractivity contribution in [3.8, 4) is 6.07 Å². The summed E-state index contributed by atoms with van der Waals surface area (Å²) in [5.74, 6) is -0.379. The molecule has 0 bridgehead atoms. The van der Waals surface area contributed by atoms with E-state index in [1.807, 2.05) is 6.07 Å². The van der Waals surface area contributed by atoms with Crippen LogP contribution < -0.4 is 5.32 Å². The van der Waals surface area contributed by atoms with Gasteiger partial charge in [-0.1, -0.05) is 6.07 Å². The van der Waals surface area contributed by atoms with Crippen LogP contribution in [0.25, 0.3) is 0 Å². The fourth-order valence-electron chi connectivity index (χ4n) is 2.11. The summed E-state index contributed by atoms with van der Waals surface area (Å²) in [5, 5.41) is 26.4. The maximum Gasteiger partial charge on any atom is 0.312 e. The normalized spacial score (nSPS) is 10.0. The lowest BCUT2D eigenvalue weighted by Gasteiger charge is -2.06. The highest BCUT2D eigenvalue weighted by molar-refractivity contribution is 5.90. The zero-order chi connectivity index (χ0) is 16.3. The van der Waals surface area contributed by atoms with Gasteiger partial charge in [0, 0.05) is 5.69 Å². The lowest BCUT2D eigenvalue weighted by molar-refractivity contribution is -0.386. The molecule has 2 aromatic rings. The smallest absolute Gasteiger partial charge is 0.312 e. The SMILES string of the molecule is Cc1nn(CC(=O)Nc2cccc(C#N)c2)c(C)c1[N+](=O)[O-]. The summed E-state index contributed by atoms with van der Waals surface area (Å²) < 4.78 is 1.29. The van der Waals surface area contributed by atoms with Gasteiger partial charge in [0.2, 0.25) is 5.91 Å². The number of rotatable bonds is 4. The third-order valence-corrected chi connectivity index (χ3v) is 3.09. The van der Waals surface area contributed by atoms with E-state index in [9.17, 15) is 14.9 Å². The molecule has 0 atom stereocenters. The summed E-state index contributed by atoms with van der Waals surface area (Å²) in [5.41, 5.74) is 1.42. The number of anilines is 1. The third-order valence-electron chi connectivity index (χ3n) is 3.09. The lowest BCUT2D eigenvalue weighted by Crippen LogP contribution is -2.20. The van der Waals surface area contributed by atoms with Gasteiger partial charge in [-0.15, -0.1) is 0 Å². The summed E-state index contributed by atoms with van der Waals surface area (Å²) in [7, 11) is 0. The van der Waals surface area contributed by atoms with E-state index in [1.54, 1.807) is 31.2 Å². The first-order valence-electron chi connectivity index (χ1n) is 6.40. The number of carbonyl (C=O) groups excluding carboxylic acids is 1. The van der Waals surface area contributed by atoms with Gasteiger partial charge in [-0.25, -0.2) is 0 Å². The van der Waals surface area contributed by atoms with E-state index in [1.165, 1.54) is 11.6 Å². The number of aryl methyl sites for hydroxylation is 1. The van der Waals surface area contributed by atoms with E-state index in [0.717, 1.165) is 0 Å². The second-order valence-electron chi connectivity index (χ2n) is 4.67. The number of benzene rings is 1. The molecule has 1 N–H and O–H groups in total. The van der Waals surface area contributed by atoms with Crippen LogP contribution in [0.2, 0.25) is 0 Å². The highest BCUT2D eigenvalue weighted by atomic mass is 16.6. The molecule has 8 nitrogen and oxygen atoms in total. The van der Waals surface area contributed by atoms with Crippen LogP contribution in [0.4, 0.5) is 11.4 Å². The zero-order valence-corrected chi connectivity index (χ0v) is 12.0. The van der Waals surface area contributed by atoms with Crippen molar-refractivity contribution < 1.29 is 9.72 Å². The van der Waals surface area contributed by atoms with E-state index in [2.05, 4.69) is 10.4 Å². The molecule has 0 saturated heterocycles. The number of nitriles is 1. The first-order valence-corrected chi connectivity index (χ1v) is 6.40. The summed E-state index contributed by atoms with van der Waals surface area (Å²) in [6.45, 7) is 2.93. The van der Waals surface area contributed by atoms with Gasteiger partial charge in [-0.3, -0.25) is 19.6 Å². The standard InChI is InChI=1S/C14H13N5O3/c1-9-14(19(21)22)10(2)18(17-9)8-13(20)16-12-5-3-4-11(6-12)7-15/h3-6H,8H2,1-2H3,(H,16,20). The molecular weight excluding hydrogens is 286 g/mol. The van der Waals surface area contributed by atoms with Crippen molar-refractivity contribution in [2.45, 2.75) is 20.4 Å². The minimum Gasteiger partial charge on any atom is -0.324 e. The molecule has 0 saturated carbocycles. The average Bonchev–Trinajstić information content (AvgIpc) is 2.73. The first kappa shape index (κ1) is 15.2. The van der Waals surface area contributed by atoms with Gasteiger partial charge in [-0.05, 0) is 32.0 Å². The van der Waals surface area contributed by atoms with Gasteiger partial charge in [0.1, 0.15) is 17.9 Å². The largest absolute Gasteiger partial charge is 0.324 e. The molecule has 1 aromatic heterocycles. The number of hydrogen-bond donors (Lipinski definition) is 1. The molecule has 22 heavy (non-hydrogen) atoms. The first-order chi connectivity index (χ1) is 10.4. The number of amides is 1. The molecule has 1 amide bonds. The van der Waals surface area contributed by atoms with Crippen LogP contribution in [-0.4, -0.2) is 20.6 Å². The van der Waals surface area contributed by atoms with Crippen LogP contribution in [0.15, 0.2) is 24.3 Å². The predicted octanol–water partition coefficient (Wildman–Crippen LogP) is 1.92. The number of carbonyl (C=O) groups is 1. The number of nitrogens with one attached hydrogen (secondary N) is 1. The topological polar surface area (TPSA) is 114 Å². The van der Waals surface area contributed by atoms with E-state index < -0.39 is 4.92 Å². The molecule has 0 unspecified atom stereocenters. The van der Waals surface area contributed by atoms with Gasteiger partial charge in [0.15, 0.2) is 0 Å². The Balaban J connectivity index is 2.14. The van der Waals surface area contributed by atoms with Crippen LogP contribution >= 0.6 is 0 Å². The maximum absolute atomic E-state index is 12.0. The van der Waals surface area contributed by atoms with Gasteiger partial charge >= 0.3 is 5.69 Å². The second-order valence-corrected chi connectivity index (χ2v) is 4.67. The van der Waals surface area contributed by atoms with Crippen molar-refractivity contribution in [1.29, 1.82) is 5.26 Å². The van der Waals surface area contributed by atoms with Crippen molar-refractivity contribution in [3.05, 3.63) is 51.3 Å². The van der Waals surface area contributed by atoms with Crippen LogP contribution in [0.3, 0.4) is 0 Å². The highest BCUT2D eigenvalue weighted by Crippen LogP contribution is 2.21. The fraction of sp³-hybridized carbons (Fsp3) is 0.214. The van der Waals surface area contributed by atoms with E-state index >= 15 is 0 Å². The van der Waals surface area contributed by atoms with E-state index in [0.29, 0.717) is 16.9 Å². The minimum absolute atomic E-state index is 0.0840.